The van der Waals surface area contributed by atoms with E-state index in [1.807, 2.05) is 0 Å². The molecule has 0 aromatic heterocycles. The molecule has 0 saturated heterocycles. The minimum atomic E-state index is 0.166. The molecule has 0 radical (unpaired) electrons. The van der Waals surface area contributed by atoms with E-state index in [1.54, 1.807) is 19.0 Å². The van der Waals surface area contributed by atoms with E-state index in [9.17, 15) is 4.79 Å². The van der Waals surface area contributed by atoms with Crippen molar-refractivity contribution in [2.45, 2.75) is 37.8 Å². The van der Waals surface area contributed by atoms with Crippen LogP contribution in [-0.4, -0.2) is 43.7 Å². The third-order valence-electron chi connectivity index (χ3n) is 2.52. The Bertz CT molecular complexity index is 189. The molecule has 1 saturated carbocycles. The molecular formula is C10H20N2O2. The minimum Gasteiger partial charge on any atom is -0.378 e. The lowest BCUT2D eigenvalue weighted by Gasteiger charge is -2.32. The molecule has 0 aromatic rings. The highest BCUT2D eigenvalue weighted by Gasteiger charge is 2.26. The molecular weight excluding hydrogens is 180 g/mol. The first-order valence-electron chi connectivity index (χ1n) is 5.17. The molecule has 1 aliphatic rings. The van der Waals surface area contributed by atoms with Crippen LogP contribution < -0.4 is 5.73 Å². The molecule has 14 heavy (non-hydrogen) atoms. The number of nitrogens with two attached hydrogens (primary N) is 1. The second-order valence-electron chi connectivity index (χ2n) is 4.12. The van der Waals surface area contributed by atoms with E-state index in [-0.39, 0.29) is 5.91 Å². The maximum Gasteiger partial charge on any atom is 0.222 e. The Kier molecular flexibility index (Phi) is 4.35. The third kappa shape index (κ3) is 3.64. The van der Waals surface area contributed by atoms with Gasteiger partial charge in [0.25, 0.3) is 0 Å². The van der Waals surface area contributed by atoms with Crippen LogP contribution in [0.5, 0.6) is 0 Å². The van der Waals surface area contributed by atoms with Crippen molar-refractivity contribution in [1.29, 1.82) is 0 Å². The summed E-state index contributed by atoms with van der Waals surface area (Å²) in [6.45, 7) is 0.678. The van der Waals surface area contributed by atoms with E-state index in [2.05, 4.69) is 0 Å². The van der Waals surface area contributed by atoms with Crippen LogP contribution in [0.25, 0.3) is 0 Å². The van der Waals surface area contributed by atoms with Crippen molar-refractivity contribution in [3.63, 3.8) is 0 Å². The SMILES string of the molecule is CN(C)C(=O)CCCOC1CC(N)C1. The van der Waals surface area contributed by atoms with Crippen molar-refractivity contribution in [3.8, 4) is 0 Å². The standard InChI is InChI=1S/C10H20N2O2/c1-12(2)10(13)4-3-5-14-9-6-8(11)7-9/h8-9H,3-7,11H2,1-2H3. The van der Waals surface area contributed by atoms with Crippen LogP contribution in [0.3, 0.4) is 0 Å². The molecule has 4 nitrogen and oxygen atoms in total. The van der Waals surface area contributed by atoms with Gasteiger partial charge in [-0.15, -0.1) is 0 Å². The van der Waals surface area contributed by atoms with E-state index < -0.39 is 0 Å². The van der Waals surface area contributed by atoms with Gasteiger partial charge in [-0.1, -0.05) is 0 Å². The number of ether oxygens (including phenoxy) is 1. The number of amides is 1. The van der Waals surface area contributed by atoms with Crippen LogP contribution in [0, 0.1) is 0 Å². The summed E-state index contributed by atoms with van der Waals surface area (Å²) in [6.07, 6.45) is 3.68. The summed E-state index contributed by atoms with van der Waals surface area (Å²) < 4.78 is 5.53. The molecule has 4 heteroatoms. The lowest BCUT2D eigenvalue weighted by molar-refractivity contribution is -0.129. The van der Waals surface area contributed by atoms with Gasteiger partial charge in [-0.05, 0) is 19.3 Å². The highest BCUT2D eigenvalue weighted by Crippen LogP contribution is 2.21. The molecule has 0 unspecified atom stereocenters. The summed E-state index contributed by atoms with van der Waals surface area (Å²) in [4.78, 5) is 12.8. The molecule has 0 aromatic carbocycles. The van der Waals surface area contributed by atoms with Crippen LogP contribution in [0.1, 0.15) is 25.7 Å². The zero-order valence-electron chi connectivity index (χ0n) is 9.03. The Hall–Kier alpha value is -0.610. The lowest BCUT2D eigenvalue weighted by Crippen LogP contribution is -2.41. The van der Waals surface area contributed by atoms with Gasteiger partial charge in [0.2, 0.25) is 5.91 Å². The smallest absolute Gasteiger partial charge is 0.222 e. The lowest BCUT2D eigenvalue weighted by atomic mass is 9.90. The topological polar surface area (TPSA) is 55.6 Å². The van der Waals surface area contributed by atoms with Gasteiger partial charge in [0.1, 0.15) is 0 Å². The summed E-state index contributed by atoms with van der Waals surface area (Å²) in [7, 11) is 3.54. The zero-order chi connectivity index (χ0) is 10.6. The fourth-order valence-electron chi connectivity index (χ4n) is 1.44. The Morgan fingerprint density at radius 1 is 1.50 bits per heavy atom. The number of hydrogen-bond acceptors (Lipinski definition) is 3. The predicted octanol–water partition coefficient (Wildman–Crippen LogP) is 0.361. The molecule has 82 valence electrons. The van der Waals surface area contributed by atoms with Crippen LogP contribution in [0.4, 0.5) is 0 Å². The van der Waals surface area contributed by atoms with Gasteiger partial charge in [0, 0.05) is 33.2 Å². The number of carbonyl (C=O) groups excluding carboxylic acids is 1. The molecule has 0 bridgehead atoms. The van der Waals surface area contributed by atoms with Crippen molar-refractivity contribution in [2.75, 3.05) is 20.7 Å². The molecule has 0 aliphatic heterocycles. The van der Waals surface area contributed by atoms with E-state index in [1.165, 1.54) is 0 Å². The highest BCUT2D eigenvalue weighted by molar-refractivity contribution is 5.75. The largest absolute Gasteiger partial charge is 0.378 e. The van der Waals surface area contributed by atoms with Crippen molar-refractivity contribution in [2.24, 2.45) is 5.73 Å². The molecule has 0 heterocycles. The molecule has 0 atom stereocenters. The van der Waals surface area contributed by atoms with Crippen LogP contribution in [0.2, 0.25) is 0 Å². The quantitative estimate of drug-likeness (QED) is 0.652. The third-order valence-corrected chi connectivity index (χ3v) is 2.52. The van der Waals surface area contributed by atoms with Gasteiger partial charge in [-0.2, -0.15) is 0 Å². The molecule has 1 fully saturated rings. The number of carbonyl (C=O) groups is 1. The highest BCUT2D eigenvalue weighted by atomic mass is 16.5. The molecule has 0 spiro atoms. The summed E-state index contributed by atoms with van der Waals surface area (Å²) in [5.41, 5.74) is 5.62. The Morgan fingerprint density at radius 3 is 2.64 bits per heavy atom. The van der Waals surface area contributed by atoms with Crippen LogP contribution >= 0.6 is 0 Å². The van der Waals surface area contributed by atoms with Crippen molar-refractivity contribution < 1.29 is 9.53 Å². The van der Waals surface area contributed by atoms with E-state index in [0.29, 0.717) is 25.2 Å². The predicted molar refractivity (Wildman–Crippen MR) is 54.9 cm³/mol. The minimum absolute atomic E-state index is 0.166. The van der Waals surface area contributed by atoms with Gasteiger partial charge in [0.15, 0.2) is 0 Å². The average molecular weight is 200 g/mol. The fraction of sp³-hybridized carbons (Fsp3) is 0.900. The average Bonchev–Trinajstić information content (AvgIpc) is 2.08. The first kappa shape index (κ1) is 11.5. The molecule has 2 N–H and O–H groups in total. The Labute approximate surface area is 85.4 Å². The molecule has 1 amide bonds. The van der Waals surface area contributed by atoms with E-state index in [0.717, 1.165) is 19.3 Å². The van der Waals surface area contributed by atoms with Crippen molar-refractivity contribution >= 4 is 5.91 Å². The van der Waals surface area contributed by atoms with Crippen molar-refractivity contribution in [1.82, 2.24) is 4.90 Å². The molecule has 1 aliphatic carbocycles. The first-order chi connectivity index (χ1) is 6.59. The Balaban J connectivity index is 1.92. The summed E-state index contributed by atoms with van der Waals surface area (Å²) in [5, 5.41) is 0. The maximum atomic E-state index is 11.2. The number of rotatable bonds is 5. The molecule has 1 rings (SSSR count). The van der Waals surface area contributed by atoms with Crippen LogP contribution in [-0.2, 0) is 9.53 Å². The van der Waals surface area contributed by atoms with Gasteiger partial charge in [-0.3, -0.25) is 4.79 Å². The van der Waals surface area contributed by atoms with Crippen molar-refractivity contribution in [3.05, 3.63) is 0 Å². The fourth-order valence-corrected chi connectivity index (χ4v) is 1.44. The number of nitrogens with zero attached hydrogens (tertiary/aromatic N) is 1. The summed E-state index contributed by atoms with van der Waals surface area (Å²) in [5.74, 6) is 0.166. The zero-order valence-corrected chi connectivity index (χ0v) is 9.03. The summed E-state index contributed by atoms with van der Waals surface area (Å²) >= 11 is 0. The monoisotopic (exact) mass is 200 g/mol. The first-order valence-corrected chi connectivity index (χ1v) is 5.17. The number of hydrogen-bond donors (Lipinski definition) is 1. The van der Waals surface area contributed by atoms with Gasteiger partial charge in [-0.25, -0.2) is 0 Å². The van der Waals surface area contributed by atoms with E-state index >= 15 is 0 Å². The second kappa shape index (κ2) is 5.32. The van der Waals surface area contributed by atoms with E-state index in [4.69, 9.17) is 10.5 Å². The van der Waals surface area contributed by atoms with Gasteiger partial charge >= 0.3 is 0 Å². The van der Waals surface area contributed by atoms with Crippen LogP contribution in [0.15, 0.2) is 0 Å². The Morgan fingerprint density at radius 2 is 2.14 bits per heavy atom. The summed E-state index contributed by atoms with van der Waals surface area (Å²) in [6, 6.07) is 0.336. The second-order valence-corrected chi connectivity index (χ2v) is 4.12. The van der Waals surface area contributed by atoms with Gasteiger partial charge in [0.05, 0.1) is 6.10 Å². The maximum absolute atomic E-state index is 11.2. The van der Waals surface area contributed by atoms with Gasteiger partial charge < -0.3 is 15.4 Å². The normalized spacial score (nSPS) is 25.6.